The van der Waals surface area contributed by atoms with Crippen molar-refractivity contribution in [1.82, 2.24) is 10.2 Å². The Morgan fingerprint density at radius 2 is 1.63 bits per heavy atom. The molecule has 0 aliphatic carbocycles. The molecule has 0 aliphatic rings. The van der Waals surface area contributed by atoms with Crippen LogP contribution in [0.4, 0.5) is 5.69 Å². The van der Waals surface area contributed by atoms with Gasteiger partial charge in [0, 0.05) is 25.6 Å². The SMILES string of the molecule is Cc1ccc(C)c(N(CCCC(=O)N(CCc2ccccc2)[C@H](C)C(=O)NC(C)C)S(C)(=O)=O)c1. The normalized spacial score (nSPS) is 12.3. The summed E-state index contributed by atoms with van der Waals surface area (Å²) >= 11 is 0. The fourth-order valence-electron chi connectivity index (χ4n) is 3.95. The predicted molar refractivity (Wildman–Crippen MR) is 142 cm³/mol. The Labute approximate surface area is 210 Å². The smallest absolute Gasteiger partial charge is 0.242 e. The zero-order chi connectivity index (χ0) is 26.2. The van der Waals surface area contributed by atoms with Crippen LogP contribution in [0.2, 0.25) is 0 Å². The van der Waals surface area contributed by atoms with Gasteiger partial charge in [-0.15, -0.1) is 0 Å². The fraction of sp³-hybridized carbons (Fsp3) is 0.481. The van der Waals surface area contributed by atoms with Crippen molar-refractivity contribution in [2.45, 2.75) is 66.0 Å². The van der Waals surface area contributed by atoms with Gasteiger partial charge in [0.25, 0.3) is 0 Å². The van der Waals surface area contributed by atoms with Gasteiger partial charge in [0.15, 0.2) is 0 Å². The van der Waals surface area contributed by atoms with Crippen LogP contribution in [0, 0.1) is 13.8 Å². The first kappa shape index (κ1) is 28.4. The molecule has 0 saturated carbocycles. The number of benzene rings is 2. The number of hydrogen-bond donors (Lipinski definition) is 1. The second-order valence-electron chi connectivity index (χ2n) is 9.39. The van der Waals surface area contributed by atoms with Gasteiger partial charge in [0.1, 0.15) is 6.04 Å². The summed E-state index contributed by atoms with van der Waals surface area (Å²) in [6, 6.07) is 14.9. The minimum absolute atomic E-state index is 0.0306. The quantitative estimate of drug-likeness (QED) is 0.479. The lowest BCUT2D eigenvalue weighted by atomic mass is 10.1. The van der Waals surface area contributed by atoms with E-state index in [1.54, 1.807) is 11.8 Å². The van der Waals surface area contributed by atoms with Crippen molar-refractivity contribution in [2.24, 2.45) is 0 Å². The first-order valence-electron chi connectivity index (χ1n) is 12.1. The van der Waals surface area contributed by atoms with Crippen LogP contribution < -0.4 is 9.62 Å². The van der Waals surface area contributed by atoms with Crippen LogP contribution in [0.15, 0.2) is 48.5 Å². The number of hydrogen-bond acceptors (Lipinski definition) is 4. The Morgan fingerprint density at radius 3 is 2.23 bits per heavy atom. The second-order valence-corrected chi connectivity index (χ2v) is 11.3. The Kier molecular flexibility index (Phi) is 10.3. The highest BCUT2D eigenvalue weighted by molar-refractivity contribution is 7.92. The number of rotatable bonds is 12. The van der Waals surface area contributed by atoms with Crippen LogP contribution in [0.25, 0.3) is 0 Å². The van der Waals surface area contributed by atoms with Gasteiger partial charge < -0.3 is 10.2 Å². The standard InChI is InChI=1S/C27H39N3O4S/c1-20(2)28-27(32)23(5)29(18-16-24-11-8-7-9-12-24)26(31)13-10-17-30(35(6,33)34)25-19-21(3)14-15-22(25)4/h7-9,11-12,14-15,19-20,23H,10,13,16-18H2,1-6H3,(H,28,32)/t23-/m1/s1. The third-order valence-electron chi connectivity index (χ3n) is 5.87. The molecule has 1 atom stereocenters. The van der Waals surface area contributed by atoms with Gasteiger partial charge in [-0.3, -0.25) is 13.9 Å². The maximum Gasteiger partial charge on any atom is 0.242 e. The lowest BCUT2D eigenvalue weighted by molar-refractivity contribution is -0.140. The molecule has 8 heteroatoms. The molecule has 0 aliphatic heterocycles. The molecule has 7 nitrogen and oxygen atoms in total. The van der Waals surface area contributed by atoms with Gasteiger partial charge in [0.2, 0.25) is 21.8 Å². The van der Waals surface area contributed by atoms with Crippen molar-refractivity contribution in [3.63, 3.8) is 0 Å². The van der Waals surface area contributed by atoms with Gasteiger partial charge in [-0.25, -0.2) is 8.42 Å². The third kappa shape index (κ3) is 8.69. The molecule has 0 spiro atoms. The molecule has 0 aromatic heterocycles. The molecule has 0 bridgehead atoms. The molecule has 192 valence electrons. The average Bonchev–Trinajstić information content (AvgIpc) is 2.78. The van der Waals surface area contributed by atoms with Crippen molar-refractivity contribution < 1.29 is 18.0 Å². The first-order valence-corrected chi connectivity index (χ1v) is 13.9. The van der Waals surface area contributed by atoms with Gasteiger partial charge in [0.05, 0.1) is 11.9 Å². The molecule has 0 heterocycles. The number of nitrogens with zero attached hydrogens (tertiary/aromatic N) is 2. The molecule has 0 unspecified atom stereocenters. The van der Waals surface area contributed by atoms with Crippen LogP contribution in [-0.2, 0) is 26.0 Å². The zero-order valence-electron chi connectivity index (χ0n) is 21.7. The van der Waals surface area contributed by atoms with Gasteiger partial charge in [-0.05, 0) is 70.2 Å². The van der Waals surface area contributed by atoms with Gasteiger partial charge in [-0.1, -0.05) is 42.5 Å². The number of amides is 2. The van der Waals surface area contributed by atoms with Crippen molar-refractivity contribution in [3.8, 4) is 0 Å². The number of carbonyl (C=O) groups is 2. The van der Waals surface area contributed by atoms with Crippen molar-refractivity contribution in [1.29, 1.82) is 0 Å². The monoisotopic (exact) mass is 501 g/mol. The lowest BCUT2D eigenvalue weighted by Gasteiger charge is -2.30. The molecule has 2 rings (SSSR count). The minimum atomic E-state index is -3.52. The van der Waals surface area contributed by atoms with E-state index < -0.39 is 16.1 Å². The maximum absolute atomic E-state index is 13.3. The zero-order valence-corrected chi connectivity index (χ0v) is 22.6. The van der Waals surface area contributed by atoms with Crippen molar-refractivity contribution in [3.05, 3.63) is 65.2 Å². The summed E-state index contributed by atoms with van der Waals surface area (Å²) in [4.78, 5) is 27.6. The summed E-state index contributed by atoms with van der Waals surface area (Å²) < 4.78 is 26.5. The number of carbonyl (C=O) groups excluding carboxylic acids is 2. The van der Waals surface area contributed by atoms with Crippen LogP contribution in [0.1, 0.15) is 50.3 Å². The Hall–Kier alpha value is -2.87. The van der Waals surface area contributed by atoms with E-state index in [1.807, 2.05) is 76.2 Å². The van der Waals surface area contributed by atoms with E-state index in [1.165, 1.54) is 10.6 Å². The van der Waals surface area contributed by atoms with Crippen LogP contribution in [0.3, 0.4) is 0 Å². The molecule has 0 saturated heterocycles. The topological polar surface area (TPSA) is 86.8 Å². The van der Waals surface area contributed by atoms with Crippen LogP contribution in [0.5, 0.6) is 0 Å². The summed E-state index contributed by atoms with van der Waals surface area (Å²) in [5, 5.41) is 2.88. The summed E-state index contributed by atoms with van der Waals surface area (Å²) in [6.45, 7) is 9.89. The van der Waals surface area contributed by atoms with E-state index in [9.17, 15) is 18.0 Å². The molecular formula is C27H39N3O4S. The highest BCUT2D eigenvalue weighted by Gasteiger charge is 2.26. The molecule has 0 radical (unpaired) electrons. The molecule has 1 N–H and O–H groups in total. The Balaban J connectivity index is 2.14. The van der Waals surface area contributed by atoms with Crippen LogP contribution >= 0.6 is 0 Å². The maximum atomic E-state index is 13.3. The summed E-state index contributed by atoms with van der Waals surface area (Å²) in [7, 11) is -3.52. The van der Waals surface area contributed by atoms with Crippen molar-refractivity contribution in [2.75, 3.05) is 23.7 Å². The highest BCUT2D eigenvalue weighted by Crippen LogP contribution is 2.24. The highest BCUT2D eigenvalue weighted by atomic mass is 32.2. The largest absolute Gasteiger partial charge is 0.352 e. The van der Waals surface area contributed by atoms with E-state index in [-0.39, 0.29) is 30.8 Å². The van der Waals surface area contributed by atoms with E-state index in [4.69, 9.17) is 0 Å². The van der Waals surface area contributed by atoms with Gasteiger partial charge in [-0.2, -0.15) is 0 Å². The predicted octanol–water partition coefficient (Wildman–Crippen LogP) is 3.83. The second kappa shape index (κ2) is 12.7. The first-order chi connectivity index (χ1) is 16.4. The van der Waals surface area contributed by atoms with Crippen molar-refractivity contribution >= 4 is 27.5 Å². The summed E-state index contributed by atoms with van der Waals surface area (Å²) in [6.07, 6.45) is 2.30. The number of sulfonamides is 1. The Morgan fingerprint density at radius 1 is 0.971 bits per heavy atom. The van der Waals surface area contributed by atoms with E-state index >= 15 is 0 Å². The molecular weight excluding hydrogens is 462 g/mol. The van der Waals surface area contributed by atoms with E-state index in [2.05, 4.69) is 5.32 Å². The minimum Gasteiger partial charge on any atom is -0.352 e. The summed E-state index contributed by atoms with van der Waals surface area (Å²) in [5.41, 5.74) is 3.54. The molecule has 0 fully saturated rings. The van der Waals surface area contributed by atoms with E-state index in [0.29, 0.717) is 25.1 Å². The third-order valence-corrected chi connectivity index (χ3v) is 7.05. The number of anilines is 1. The van der Waals surface area contributed by atoms with Gasteiger partial charge >= 0.3 is 0 Å². The number of nitrogens with one attached hydrogen (secondary N) is 1. The fourth-order valence-corrected chi connectivity index (χ4v) is 4.96. The van der Waals surface area contributed by atoms with E-state index in [0.717, 1.165) is 16.7 Å². The molecule has 35 heavy (non-hydrogen) atoms. The number of aryl methyl sites for hydroxylation is 2. The average molecular weight is 502 g/mol. The molecule has 2 aromatic rings. The van der Waals surface area contributed by atoms with Crippen LogP contribution in [-0.4, -0.2) is 56.6 Å². The molecule has 2 aromatic carbocycles. The summed E-state index contributed by atoms with van der Waals surface area (Å²) in [5.74, 6) is -0.365. The lowest BCUT2D eigenvalue weighted by Crippen LogP contribution is -2.50. The molecule has 2 amide bonds. The Bertz CT molecular complexity index is 1100.